The monoisotopic (exact) mass is 347 g/mol. The van der Waals surface area contributed by atoms with Gasteiger partial charge in [0.05, 0.1) is 25.3 Å². The molecule has 2 fully saturated rings. The molecule has 8 rings (SSSR count). The van der Waals surface area contributed by atoms with Crippen LogP contribution in [-0.2, 0) is 11.8 Å². The second-order valence-corrected chi connectivity index (χ2v) is 7.88. The number of hydrogen-bond donors (Lipinski definition) is 0. The summed E-state index contributed by atoms with van der Waals surface area (Å²) >= 11 is 0. The zero-order valence-corrected chi connectivity index (χ0v) is 13.6. The lowest BCUT2D eigenvalue weighted by atomic mass is 9.45. The summed E-state index contributed by atoms with van der Waals surface area (Å²) in [7, 11) is 1.46. The predicted molar refractivity (Wildman–Crippen MR) is 80.9 cm³/mol. The second-order valence-electron chi connectivity index (χ2n) is 7.88. The number of hydroxylamine groups is 2. The van der Waals surface area contributed by atoms with E-state index in [1.54, 1.807) is 0 Å². The van der Waals surface area contributed by atoms with E-state index in [-0.39, 0.29) is 0 Å². The Labute approximate surface area is 141 Å². The largest absolute Gasteiger partial charge is 0.567 e. The molecule has 0 amide bonds. The average molecular weight is 347 g/mol. The van der Waals surface area contributed by atoms with Crippen LogP contribution in [0.1, 0.15) is 24.9 Å². The van der Waals surface area contributed by atoms with Crippen molar-refractivity contribution in [3.05, 3.63) is 43.5 Å². The number of fused-ring (bicyclic) bond motifs is 1. The summed E-state index contributed by atoms with van der Waals surface area (Å²) in [6.45, 7) is 0.642. The van der Waals surface area contributed by atoms with Gasteiger partial charge in [0.25, 0.3) is 0 Å². The van der Waals surface area contributed by atoms with Gasteiger partial charge < -0.3 is 15.2 Å². The maximum atomic E-state index is 12.7. The Morgan fingerprint density at radius 2 is 1.44 bits per heavy atom. The first-order valence-corrected chi connectivity index (χ1v) is 8.55. The van der Waals surface area contributed by atoms with Crippen LogP contribution >= 0.6 is 0 Å². The molecule has 25 heavy (non-hydrogen) atoms. The Hall–Kier alpha value is -2.36. The van der Waals surface area contributed by atoms with Gasteiger partial charge in [-0.15, -0.1) is 0 Å². The third kappa shape index (κ3) is 1.06. The van der Waals surface area contributed by atoms with Gasteiger partial charge in [-0.3, -0.25) is 0 Å². The van der Waals surface area contributed by atoms with Gasteiger partial charge in [0, 0.05) is 29.6 Å². The number of allylic oxidation sites excluding steroid dienone is 2. The highest BCUT2D eigenvalue weighted by molar-refractivity contribution is 5.31. The van der Waals surface area contributed by atoms with E-state index in [0.29, 0.717) is 35.8 Å². The molecule has 0 spiro atoms. The fourth-order valence-corrected chi connectivity index (χ4v) is 6.54. The number of rotatable bonds is 0. The van der Waals surface area contributed by atoms with Crippen LogP contribution in [0.4, 0.5) is 0 Å². The molecule has 1 saturated heterocycles. The maximum Gasteiger partial charge on any atom is 0.347 e. The minimum atomic E-state index is -0.657. The van der Waals surface area contributed by atoms with E-state index in [9.17, 15) is 20.0 Å². The van der Waals surface area contributed by atoms with Crippen molar-refractivity contribution in [2.75, 3.05) is 13.2 Å². The summed E-state index contributed by atoms with van der Waals surface area (Å²) in [5, 5.41) is 25.2. The second kappa shape index (κ2) is 3.74. The molecule has 5 aliphatic heterocycles. The predicted octanol–water partition coefficient (Wildman–Crippen LogP) is -0.965. The maximum absolute atomic E-state index is 12.7. The van der Waals surface area contributed by atoms with Crippen LogP contribution in [0.3, 0.4) is 0 Å². The van der Waals surface area contributed by atoms with Crippen LogP contribution in [0.2, 0.25) is 0 Å². The normalized spacial score (nSPS) is 45.6. The van der Waals surface area contributed by atoms with Crippen molar-refractivity contribution >= 4 is 0 Å². The summed E-state index contributed by atoms with van der Waals surface area (Å²) in [5.74, 6) is 0. The van der Waals surface area contributed by atoms with E-state index in [4.69, 9.17) is 4.74 Å². The Balaban J connectivity index is 1.77. The molecule has 0 radical (unpaired) electrons. The van der Waals surface area contributed by atoms with Crippen LogP contribution < -0.4 is 11.4 Å². The lowest BCUT2D eigenvalue weighted by Crippen LogP contribution is -2.77. The lowest BCUT2D eigenvalue weighted by Gasteiger charge is -2.61. The Morgan fingerprint density at radius 3 is 1.88 bits per heavy atom. The van der Waals surface area contributed by atoms with Gasteiger partial charge in [-0.25, -0.2) is 23.5 Å². The van der Waals surface area contributed by atoms with Crippen molar-refractivity contribution in [1.82, 2.24) is 13.9 Å². The van der Waals surface area contributed by atoms with Crippen molar-refractivity contribution in [1.29, 1.82) is 0 Å². The molecule has 0 aromatic carbocycles. The summed E-state index contributed by atoms with van der Waals surface area (Å²) in [5.41, 5.74) is -2.10. The van der Waals surface area contributed by atoms with E-state index < -0.39 is 46.4 Å². The number of aromatic nitrogens is 3. The molecular weight excluding hydrogens is 330 g/mol. The number of ether oxygens (including phenoxy) is 1. The molecule has 6 atom stereocenters. The van der Waals surface area contributed by atoms with Crippen molar-refractivity contribution in [2.24, 2.45) is 17.9 Å². The van der Waals surface area contributed by atoms with Crippen LogP contribution in [0.5, 0.6) is 0 Å². The van der Waals surface area contributed by atoms with Crippen molar-refractivity contribution in [2.45, 2.75) is 37.0 Å². The van der Waals surface area contributed by atoms with Crippen molar-refractivity contribution < 1.29 is 14.5 Å². The molecule has 1 aromatic heterocycles. The average Bonchev–Trinajstić information content (AvgIpc) is 3.15. The molecule has 132 valence electrons. The van der Waals surface area contributed by atoms with Crippen LogP contribution in [-0.4, -0.2) is 48.9 Å². The van der Waals surface area contributed by atoms with Gasteiger partial charge in [-0.2, -0.15) is 0 Å². The highest BCUT2D eigenvalue weighted by Gasteiger charge is 2.84. The minimum Gasteiger partial charge on any atom is -0.567 e. The quantitative estimate of drug-likeness (QED) is 0.341. The standard InChI is InChI=1S/C15H17N5O5/c1-16-12(21)17-8-2-3-9(18(17)13(16)22)15-7-25-6-14(8,15)10-4-5-11(15)20(24)19(10)23/h2-3,8-11H,4-7H2,1H3/t8-,9?,10?,11+,14?,15+/m1/s1. The SMILES string of the molecule is Cn1c(=O)n2n(c1=O)[C@@H]1C=CC2[C@]23COCC12C1CC[C@@H]3[N+]([O-])=[N+]1[O-]. The molecule has 1 aromatic rings. The first-order valence-electron chi connectivity index (χ1n) is 8.55. The van der Waals surface area contributed by atoms with E-state index in [1.165, 1.54) is 16.4 Å². The molecule has 3 unspecified atom stereocenters. The minimum absolute atomic E-state index is 0.321. The zero-order valence-electron chi connectivity index (χ0n) is 13.6. The summed E-state index contributed by atoms with van der Waals surface area (Å²) in [4.78, 5) is 26.5. The van der Waals surface area contributed by atoms with Gasteiger partial charge in [0.1, 0.15) is 10.8 Å². The third-order valence-corrected chi connectivity index (χ3v) is 7.43. The van der Waals surface area contributed by atoms with Crippen LogP contribution in [0, 0.1) is 21.2 Å². The van der Waals surface area contributed by atoms with Gasteiger partial charge in [-0.1, -0.05) is 12.2 Å². The number of hydrogen-bond acceptors (Lipinski definition) is 5. The van der Waals surface area contributed by atoms with Gasteiger partial charge in [0.15, 0.2) is 0 Å². The Bertz CT molecular complexity index is 941. The van der Waals surface area contributed by atoms with Crippen molar-refractivity contribution in [3.8, 4) is 0 Å². The number of nitrogens with zero attached hydrogens (tertiary/aromatic N) is 5. The Morgan fingerprint density at radius 1 is 1.00 bits per heavy atom. The summed E-state index contributed by atoms with van der Waals surface area (Å²) in [6, 6.07) is -2.02. The van der Waals surface area contributed by atoms with Gasteiger partial charge in [-0.05, 0) is 0 Å². The first-order chi connectivity index (χ1) is 12.0. The van der Waals surface area contributed by atoms with E-state index in [0.717, 1.165) is 4.57 Å². The molecule has 1 saturated carbocycles. The smallest absolute Gasteiger partial charge is 0.347 e. The molecular formula is C15H17N5O5. The molecule has 7 aliphatic rings. The Kier molecular flexibility index (Phi) is 2.08. The lowest BCUT2D eigenvalue weighted by molar-refractivity contribution is -1.03. The van der Waals surface area contributed by atoms with Crippen molar-refractivity contribution in [3.63, 3.8) is 0 Å². The van der Waals surface area contributed by atoms with Crippen LogP contribution in [0.25, 0.3) is 0 Å². The summed E-state index contributed by atoms with van der Waals surface area (Å²) < 4.78 is 9.93. The fraction of sp³-hybridized carbons (Fsp3) is 0.733. The molecule has 2 aliphatic carbocycles. The van der Waals surface area contributed by atoms with Gasteiger partial charge >= 0.3 is 11.4 Å². The first kappa shape index (κ1) is 13.9. The van der Waals surface area contributed by atoms with Crippen LogP contribution in [0.15, 0.2) is 21.7 Å². The molecule has 4 bridgehead atoms. The van der Waals surface area contributed by atoms with E-state index in [1.807, 2.05) is 12.2 Å². The molecule has 10 heteroatoms. The van der Waals surface area contributed by atoms with E-state index in [2.05, 4.69) is 0 Å². The zero-order chi connectivity index (χ0) is 17.3. The third-order valence-electron chi connectivity index (χ3n) is 7.43. The highest BCUT2D eigenvalue weighted by atomic mass is 16.6. The topological polar surface area (TPSA) is 110 Å². The molecule has 0 N–H and O–H groups in total. The molecule has 10 nitrogen and oxygen atoms in total. The molecule has 6 heterocycles. The highest BCUT2D eigenvalue weighted by Crippen LogP contribution is 2.71. The fourth-order valence-electron chi connectivity index (χ4n) is 6.54. The van der Waals surface area contributed by atoms with E-state index >= 15 is 0 Å². The number of azo groups is 1. The summed E-state index contributed by atoms with van der Waals surface area (Å²) in [6.07, 6.45) is 5.03. The van der Waals surface area contributed by atoms with Gasteiger partial charge in [0.2, 0.25) is 12.1 Å².